The number of nitrogens with zero attached hydrogens (tertiary/aromatic N) is 3. The van der Waals surface area contributed by atoms with Crippen molar-refractivity contribution in [3.8, 4) is 22.9 Å². The van der Waals surface area contributed by atoms with Crippen LogP contribution in [-0.4, -0.2) is 32.5 Å². The average molecular weight is 401 g/mol. The molecule has 2 aromatic carbocycles. The molecule has 2 heterocycles. The Morgan fingerprint density at radius 1 is 1.25 bits per heavy atom. The molecule has 0 unspecified atom stereocenters. The molecular weight excluding hydrogens is 383 g/mol. The van der Waals surface area contributed by atoms with E-state index >= 15 is 0 Å². The molecule has 0 spiro atoms. The van der Waals surface area contributed by atoms with Crippen LogP contribution in [0.1, 0.15) is 24.2 Å². The van der Waals surface area contributed by atoms with E-state index in [1.807, 2.05) is 25.1 Å². The van der Waals surface area contributed by atoms with Crippen LogP contribution in [0.25, 0.3) is 11.4 Å². The zero-order valence-corrected chi connectivity index (χ0v) is 16.0. The van der Waals surface area contributed by atoms with Gasteiger partial charge in [0.2, 0.25) is 5.91 Å². The van der Waals surface area contributed by atoms with E-state index in [2.05, 4.69) is 15.2 Å². The molecule has 8 heteroatoms. The largest absolute Gasteiger partial charge is 0.457 e. The summed E-state index contributed by atoms with van der Waals surface area (Å²) in [4.78, 5) is 16.9. The smallest absolute Gasteiger partial charge is 0.222 e. The van der Waals surface area contributed by atoms with E-state index in [9.17, 15) is 9.18 Å². The Hall–Kier alpha value is -2.93. The maximum Gasteiger partial charge on any atom is 0.222 e. The van der Waals surface area contributed by atoms with Gasteiger partial charge in [-0.1, -0.05) is 23.7 Å². The molecule has 1 saturated heterocycles. The zero-order chi connectivity index (χ0) is 19.7. The minimum atomic E-state index is -0.558. The van der Waals surface area contributed by atoms with Gasteiger partial charge in [-0.05, 0) is 31.5 Å². The molecule has 0 aliphatic carbocycles. The molecule has 1 amide bonds. The number of benzene rings is 2. The minimum Gasteiger partial charge on any atom is -0.457 e. The fourth-order valence-electron chi connectivity index (χ4n) is 3.15. The number of ether oxygens (including phenoxy) is 1. The number of rotatable bonds is 5. The lowest BCUT2D eigenvalue weighted by molar-refractivity contribution is -0.128. The normalized spacial score (nSPS) is 14.0. The molecular formula is C20H18ClFN4O2. The number of nitrogens with one attached hydrogen (secondary N) is 1. The third-order valence-corrected chi connectivity index (χ3v) is 4.90. The van der Waals surface area contributed by atoms with Crippen molar-refractivity contribution in [3.05, 3.63) is 58.6 Å². The number of carbonyl (C=O) groups is 1. The Kier molecular flexibility index (Phi) is 5.00. The number of halogens is 2. The van der Waals surface area contributed by atoms with E-state index in [-0.39, 0.29) is 10.9 Å². The van der Waals surface area contributed by atoms with Gasteiger partial charge in [0.15, 0.2) is 5.82 Å². The first-order valence-electron chi connectivity index (χ1n) is 8.93. The van der Waals surface area contributed by atoms with Crippen molar-refractivity contribution in [3.63, 3.8) is 0 Å². The SMILES string of the molecule is Cc1nnc(-c2ccc(CN3CCCC3=O)c(Oc3ccc(Cl)c(F)c3)c2)[nH]1. The molecule has 1 N–H and O–H groups in total. The number of aromatic amines is 1. The zero-order valence-electron chi connectivity index (χ0n) is 15.2. The van der Waals surface area contributed by atoms with Crippen molar-refractivity contribution in [1.82, 2.24) is 20.1 Å². The Morgan fingerprint density at radius 2 is 2.11 bits per heavy atom. The Labute approximate surface area is 166 Å². The highest BCUT2D eigenvalue weighted by atomic mass is 35.5. The minimum absolute atomic E-state index is 0.0288. The summed E-state index contributed by atoms with van der Waals surface area (Å²) in [7, 11) is 0. The second kappa shape index (κ2) is 7.59. The van der Waals surface area contributed by atoms with Crippen LogP contribution in [0.3, 0.4) is 0 Å². The van der Waals surface area contributed by atoms with E-state index < -0.39 is 5.82 Å². The molecule has 0 saturated carbocycles. The second-order valence-corrected chi connectivity index (χ2v) is 7.09. The van der Waals surface area contributed by atoms with Crippen molar-refractivity contribution >= 4 is 17.5 Å². The van der Waals surface area contributed by atoms with Crippen LogP contribution < -0.4 is 4.74 Å². The fourth-order valence-corrected chi connectivity index (χ4v) is 3.27. The molecule has 1 aromatic heterocycles. The van der Waals surface area contributed by atoms with E-state index in [0.717, 1.165) is 24.1 Å². The first-order valence-corrected chi connectivity index (χ1v) is 9.30. The van der Waals surface area contributed by atoms with Gasteiger partial charge in [0, 0.05) is 36.7 Å². The standard InChI is InChI=1S/C20H18ClFN4O2/c1-12-23-20(25-24-12)13-4-5-14(11-26-8-2-3-19(26)27)18(9-13)28-15-6-7-16(21)17(22)10-15/h4-7,9-10H,2-3,8,11H2,1H3,(H,23,24,25). The molecule has 1 fully saturated rings. The molecule has 6 nitrogen and oxygen atoms in total. The lowest BCUT2D eigenvalue weighted by Gasteiger charge is -2.19. The monoisotopic (exact) mass is 400 g/mol. The average Bonchev–Trinajstić information content (AvgIpc) is 3.28. The Bertz CT molecular complexity index is 1040. The summed E-state index contributed by atoms with van der Waals surface area (Å²) in [5, 5.41) is 8.11. The van der Waals surface area contributed by atoms with Crippen molar-refractivity contribution in [2.45, 2.75) is 26.3 Å². The Morgan fingerprint density at radius 3 is 2.79 bits per heavy atom. The van der Waals surface area contributed by atoms with Gasteiger partial charge in [-0.25, -0.2) is 4.39 Å². The van der Waals surface area contributed by atoms with Gasteiger partial charge in [0.25, 0.3) is 0 Å². The molecule has 0 atom stereocenters. The highest BCUT2D eigenvalue weighted by molar-refractivity contribution is 6.30. The van der Waals surface area contributed by atoms with Gasteiger partial charge in [0.05, 0.1) is 5.02 Å². The van der Waals surface area contributed by atoms with Crippen LogP contribution >= 0.6 is 11.6 Å². The molecule has 1 aliphatic heterocycles. The molecule has 0 radical (unpaired) electrons. The molecule has 144 valence electrons. The van der Waals surface area contributed by atoms with Crippen molar-refractivity contribution in [1.29, 1.82) is 0 Å². The number of carbonyl (C=O) groups excluding carboxylic acids is 1. The molecule has 28 heavy (non-hydrogen) atoms. The van der Waals surface area contributed by atoms with Crippen molar-refractivity contribution in [2.75, 3.05) is 6.54 Å². The third-order valence-electron chi connectivity index (χ3n) is 4.59. The number of aromatic nitrogens is 3. The summed E-state index contributed by atoms with van der Waals surface area (Å²) < 4.78 is 19.8. The summed E-state index contributed by atoms with van der Waals surface area (Å²) in [6, 6.07) is 9.87. The van der Waals surface area contributed by atoms with Crippen LogP contribution in [0.2, 0.25) is 5.02 Å². The first kappa shape index (κ1) is 18.4. The number of hydrogen-bond donors (Lipinski definition) is 1. The topological polar surface area (TPSA) is 71.1 Å². The summed E-state index contributed by atoms with van der Waals surface area (Å²) in [5.74, 6) is 1.71. The van der Waals surface area contributed by atoms with Gasteiger partial charge >= 0.3 is 0 Å². The fraction of sp³-hybridized carbons (Fsp3) is 0.250. The maximum atomic E-state index is 13.8. The highest BCUT2D eigenvalue weighted by Crippen LogP contribution is 2.32. The summed E-state index contributed by atoms with van der Waals surface area (Å²) in [5.41, 5.74) is 1.60. The van der Waals surface area contributed by atoms with Gasteiger partial charge in [-0.3, -0.25) is 4.79 Å². The molecule has 3 aromatic rings. The van der Waals surface area contributed by atoms with E-state index in [1.165, 1.54) is 12.1 Å². The third kappa shape index (κ3) is 3.84. The lowest BCUT2D eigenvalue weighted by atomic mass is 10.1. The van der Waals surface area contributed by atoms with Crippen LogP contribution in [0, 0.1) is 12.7 Å². The quantitative estimate of drug-likeness (QED) is 0.685. The van der Waals surface area contributed by atoms with Crippen molar-refractivity contribution < 1.29 is 13.9 Å². The molecule has 4 rings (SSSR count). The van der Waals surface area contributed by atoms with E-state index in [1.54, 1.807) is 11.0 Å². The van der Waals surface area contributed by atoms with Gasteiger partial charge in [-0.15, -0.1) is 10.2 Å². The van der Waals surface area contributed by atoms with Crippen LogP contribution in [0.5, 0.6) is 11.5 Å². The van der Waals surface area contributed by atoms with Gasteiger partial charge in [-0.2, -0.15) is 0 Å². The van der Waals surface area contributed by atoms with Crippen LogP contribution in [0.4, 0.5) is 4.39 Å². The number of amides is 1. The predicted octanol–water partition coefficient (Wildman–Crippen LogP) is 4.49. The van der Waals surface area contributed by atoms with Gasteiger partial charge < -0.3 is 14.6 Å². The summed E-state index contributed by atoms with van der Waals surface area (Å²) >= 11 is 5.76. The van der Waals surface area contributed by atoms with E-state index in [4.69, 9.17) is 16.3 Å². The summed E-state index contributed by atoms with van der Waals surface area (Å²) in [6.45, 7) is 2.97. The first-order chi connectivity index (χ1) is 13.5. The summed E-state index contributed by atoms with van der Waals surface area (Å²) in [6.07, 6.45) is 1.42. The van der Waals surface area contributed by atoms with E-state index in [0.29, 0.717) is 36.1 Å². The van der Waals surface area contributed by atoms with Crippen LogP contribution in [0.15, 0.2) is 36.4 Å². The Balaban J connectivity index is 1.69. The number of H-pyrrole nitrogens is 1. The maximum absolute atomic E-state index is 13.8. The van der Waals surface area contributed by atoms with Crippen LogP contribution in [-0.2, 0) is 11.3 Å². The number of likely N-dealkylation sites (tertiary alicyclic amines) is 1. The lowest BCUT2D eigenvalue weighted by Crippen LogP contribution is -2.24. The number of aryl methyl sites for hydroxylation is 1. The molecule has 1 aliphatic rings. The van der Waals surface area contributed by atoms with Gasteiger partial charge in [0.1, 0.15) is 23.1 Å². The predicted molar refractivity (Wildman–Crippen MR) is 103 cm³/mol. The second-order valence-electron chi connectivity index (χ2n) is 6.68. The highest BCUT2D eigenvalue weighted by Gasteiger charge is 2.22. The molecule has 0 bridgehead atoms. The van der Waals surface area contributed by atoms with Crippen molar-refractivity contribution in [2.24, 2.45) is 0 Å². The number of hydrogen-bond acceptors (Lipinski definition) is 4.